The number of halogens is 1. The van der Waals surface area contributed by atoms with Crippen LogP contribution < -0.4 is 10.2 Å². The molecular formula is C13H15BrN4O. The van der Waals surface area contributed by atoms with Gasteiger partial charge in [0.25, 0.3) is 0 Å². The molecule has 0 aliphatic rings. The zero-order valence-corrected chi connectivity index (χ0v) is 12.1. The molecule has 0 unspecified atom stereocenters. The van der Waals surface area contributed by atoms with Crippen molar-refractivity contribution in [2.75, 3.05) is 30.4 Å². The molecule has 0 spiro atoms. The standard InChI is InChI=1S/C13H15BrN4O/c1-18(6-7-19)13-8-12(15-9-16-13)17-11-5-3-2-4-10(11)14/h2-5,8-9,19H,6-7H2,1H3,(H,15,16,17). The van der Waals surface area contributed by atoms with Gasteiger partial charge < -0.3 is 15.3 Å². The van der Waals surface area contributed by atoms with Crippen LogP contribution in [0.4, 0.5) is 17.3 Å². The number of likely N-dealkylation sites (N-methyl/N-ethyl adjacent to an activating group) is 1. The van der Waals surface area contributed by atoms with E-state index in [-0.39, 0.29) is 6.61 Å². The normalized spacial score (nSPS) is 10.3. The maximum absolute atomic E-state index is 8.93. The topological polar surface area (TPSA) is 61.3 Å². The van der Waals surface area contributed by atoms with Crippen LogP contribution in [0.5, 0.6) is 0 Å². The summed E-state index contributed by atoms with van der Waals surface area (Å²) in [5.74, 6) is 1.47. The summed E-state index contributed by atoms with van der Waals surface area (Å²) in [6.45, 7) is 0.624. The molecule has 2 aromatic rings. The number of anilines is 3. The van der Waals surface area contributed by atoms with Crippen LogP contribution in [-0.2, 0) is 0 Å². The lowest BCUT2D eigenvalue weighted by Crippen LogP contribution is -2.22. The van der Waals surface area contributed by atoms with Gasteiger partial charge in [-0.1, -0.05) is 12.1 Å². The molecule has 1 aromatic heterocycles. The number of rotatable bonds is 5. The molecule has 19 heavy (non-hydrogen) atoms. The van der Waals surface area contributed by atoms with Crippen LogP contribution in [0.3, 0.4) is 0 Å². The summed E-state index contributed by atoms with van der Waals surface area (Å²) in [6.07, 6.45) is 1.50. The van der Waals surface area contributed by atoms with Crippen LogP contribution in [0.1, 0.15) is 0 Å². The Morgan fingerprint density at radius 2 is 2.11 bits per heavy atom. The molecule has 2 N–H and O–H groups in total. The summed E-state index contributed by atoms with van der Waals surface area (Å²) in [7, 11) is 1.88. The zero-order chi connectivity index (χ0) is 13.7. The van der Waals surface area contributed by atoms with E-state index in [0.717, 1.165) is 16.0 Å². The predicted molar refractivity (Wildman–Crippen MR) is 79.8 cm³/mol. The molecule has 0 fully saturated rings. The van der Waals surface area contributed by atoms with Crippen LogP contribution in [0, 0.1) is 0 Å². The summed E-state index contributed by atoms with van der Waals surface area (Å²) in [4.78, 5) is 10.2. The first-order valence-corrected chi connectivity index (χ1v) is 6.65. The van der Waals surface area contributed by atoms with Crippen molar-refractivity contribution in [2.24, 2.45) is 0 Å². The van der Waals surface area contributed by atoms with Crippen molar-refractivity contribution in [3.63, 3.8) is 0 Å². The number of hydrogen-bond acceptors (Lipinski definition) is 5. The fourth-order valence-corrected chi connectivity index (χ4v) is 1.97. The highest BCUT2D eigenvalue weighted by molar-refractivity contribution is 9.10. The average molecular weight is 323 g/mol. The second-order valence-corrected chi connectivity index (χ2v) is 4.87. The van der Waals surface area contributed by atoms with Gasteiger partial charge in [0, 0.05) is 24.1 Å². The first-order valence-electron chi connectivity index (χ1n) is 5.86. The predicted octanol–water partition coefficient (Wildman–Crippen LogP) is 2.41. The van der Waals surface area contributed by atoms with E-state index in [0.29, 0.717) is 12.4 Å². The molecule has 2 rings (SSSR count). The number of nitrogens with one attached hydrogen (secondary N) is 1. The minimum absolute atomic E-state index is 0.0908. The number of aliphatic hydroxyl groups is 1. The van der Waals surface area contributed by atoms with Gasteiger partial charge in [-0.25, -0.2) is 9.97 Å². The quantitative estimate of drug-likeness (QED) is 0.885. The molecule has 0 saturated heterocycles. The van der Waals surface area contributed by atoms with Crippen molar-refractivity contribution >= 4 is 33.3 Å². The average Bonchev–Trinajstić information content (AvgIpc) is 2.42. The first-order chi connectivity index (χ1) is 9.20. The van der Waals surface area contributed by atoms with Gasteiger partial charge in [0.15, 0.2) is 0 Å². The maximum Gasteiger partial charge on any atom is 0.135 e. The molecule has 5 nitrogen and oxygen atoms in total. The number of para-hydroxylation sites is 1. The summed E-state index contributed by atoms with van der Waals surface area (Å²) in [5.41, 5.74) is 0.942. The highest BCUT2D eigenvalue weighted by atomic mass is 79.9. The van der Waals surface area contributed by atoms with Crippen molar-refractivity contribution in [3.05, 3.63) is 41.1 Å². The number of hydrogen-bond donors (Lipinski definition) is 2. The molecule has 1 heterocycles. The Kier molecular flexibility index (Phi) is 4.70. The molecule has 0 bridgehead atoms. The zero-order valence-electron chi connectivity index (χ0n) is 10.5. The monoisotopic (exact) mass is 322 g/mol. The van der Waals surface area contributed by atoms with Crippen LogP contribution >= 0.6 is 15.9 Å². The van der Waals surface area contributed by atoms with Crippen LogP contribution in [0.15, 0.2) is 41.1 Å². The summed E-state index contributed by atoms with van der Waals surface area (Å²) in [5, 5.41) is 12.2. The van der Waals surface area contributed by atoms with E-state index in [1.54, 1.807) is 0 Å². The van der Waals surface area contributed by atoms with Crippen molar-refractivity contribution in [1.82, 2.24) is 9.97 Å². The highest BCUT2D eigenvalue weighted by Gasteiger charge is 2.05. The van der Waals surface area contributed by atoms with Crippen molar-refractivity contribution < 1.29 is 5.11 Å². The third-order valence-electron chi connectivity index (χ3n) is 2.62. The first kappa shape index (κ1) is 13.8. The van der Waals surface area contributed by atoms with Crippen molar-refractivity contribution in [2.45, 2.75) is 0 Å². The minimum atomic E-state index is 0.0908. The van der Waals surface area contributed by atoms with E-state index in [9.17, 15) is 0 Å². The molecule has 0 aliphatic carbocycles. The Labute approximate surface area is 120 Å². The Balaban J connectivity index is 2.18. The van der Waals surface area contributed by atoms with E-state index in [1.807, 2.05) is 42.3 Å². The maximum atomic E-state index is 8.93. The van der Waals surface area contributed by atoms with Crippen LogP contribution in [-0.4, -0.2) is 35.3 Å². The molecule has 0 amide bonds. The third kappa shape index (κ3) is 3.65. The van der Waals surface area contributed by atoms with Crippen LogP contribution in [0.25, 0.3) is 0 Å². The second kappa shape index (κ2) is 6.49. The smallest absolute Gasteiger partial charge is 0.135 e. The largest absolute Gasteiger partial charge is 0.395 e. The lowest BCUT2D eigenvalue weighted by Gasteiger charge is -2.17. The number of aromatic nitrogens is 2. The molecule has 0 saturated carbocycles. The van der Waals surface area contributed by atoms with Crippen molar-refractivity contribution in [3.8, 4) is 0 Å². The van der Waals surface area contributed by atoms with E-state index in [4.69, 9.17) is 5.11 Å². The Morgan fingerprint density at radius 1 is 1.32 bits per heavy atom. The fraction of sp³-hybridized carbons (Fsp3) is 0.231. The van der Waals surface area contributed by atoms with E-state index < -0.39 is 0 Å². The number of benzene rings is 1. The van der Waals surface area contributed by atoms with Gasteiger partial charge in [0.1, 0.15) is 18.0 Å². The molecule has 0 aliphatic heterocycles. The summed E-state index contributed by atoms with van der Waals surface area (Å²) >= 11 is 3.48. The summed E-state index contributed by atoms with van der Waals surface area (Å²) < 4.78 is 0.971. The van der Waals surface area contributed by atoms with Gasteiger partial charge in [0.05, 0.1) is 12.3 Å². The van der Waals surface area contributed by atoms with Crippen LogP contribution in [0.2, 0.25) is 0 Å². The molecule has 1 aromatic carbocycles. The lowest BCUT2D eigenvalue weighted by molar-refractivity contribution is 0.304. The second-order valence-electron chi connectivity index (χ2n) is 4.01. The van der Waals surface area contributed by atoms with Gasteiger partial charge in [-0.2, -0.15) is 0 Å². The molecular weight excluding hydrogens is 308 g/mol. The Bertz CT molecular complexity index is 550. The fourth-order valence-electron chi connectivity index (χ4n) is 1.59. The van der Waals surface area contributed by atoms with E-state index in [2.05, 4.69) is 31.2 Å². The molecule has 6 heteroatoms. The van der Waals surface area contributed by atoms with Crippen molar-refractivity contribution in [1.29, 1.82) is 0 Å². The van der Waals surface area contributed by atoms with E-state index >= 15 is 0 Å². The molecule has 100 valence electrons. The van der Waals surface area contributed by atoms with Gasteiger partial charge >= 0.3 is 0 Å². The minimum Gasteiger partial charge on any atom is -0.395 e. The van der Waals surface area contributed by atoms with Gasteiger partial charge in [-0.3, -0.25) is 0 Å². The Hall–Kier alpha value is -1.66. The highest BCUT2D eigenvalue weighted by Crippen LogP contribution is 2.25. The van der Waals surface area contributed by atoms with E-state index in [1.165, 1.54) is 6.33 Å². The van der Waals surface area contributed by atoms with Gasteiger partial charge in [-0.05, 0) is 28.1 Å². The third-order valence-corrected chi connectivity index (χ3v) is 3.31. The molecule has 0 radical (unpaired) electrons. The summed E-state index contributed by atoms with van der Waals surface area (Å²) in [6, 6.07) is 9.67. The number of nitrogens with zero attached hydrogens (tertiary/aromatic N) is 3. The van der Waals surface area contributed by atoms with Gasteiger partial charge in [0.2, 0.25) is 0 Å². The molecule has 0 atom stereocenters. The SMILES string of the molecule is CN(CCO)c1cc(Nc2ccccc2Br)ncn1. The number of aliphatic hydroxyl groups excluding tert-OH is 1. The van der Waals surface area contributed by atoms with Gasteiger partial charge in [-0.15, -0.1) is 0 Å². The lowest BCUT2D eigenvalue weighted by atomic mass is 10.3. The Morgan fingerprint density at radius 3 is 2.84 bits per heavy atom.